The highest BCUT2D eigenvalue weighted by molar-refractivity contribution is 6.43. The highest BCUT2D eigenvalue weighted by Gasteiger charge is 2.14. The van der Waals surface area contributed by atoms with Crippen LogP contribution in [0.25, 0.3) is 0 Å². The van der Waals surface area contributed by atoms with Crippen LogP contribution >= 0.6 is 11.6 Å². The van der Waals surface area contributed by atoms with Crippen molar-refractivity contribution in [2.45, 2.75) is 19.8 Å². The van der Waals surface area contributed by atoms with Crippen LogP contribution < -0.4 is 5.73 Å². The number of methoxy groups -OCH3 is 1. The Morgan fingerprint density at radius 1 is 1.67 bits per heavy atom. The average molecular weight is 230 g/mol. The van der Waals surface area contributed by atoms with E-state index in [0.29, 0.717) is 17.6 Å². The lowest BCUT2D eigenvalue weighted by Gasteiger charge is -2.24. The van der Waals surface area contributed by atoms with Gasteiger partial charge in [-0.2, -0.15) is 0 Å². The number of allylic oxidation sites excluding steroid dienone is 1. The van der Waals surface area contributed by atoms with Gasteiger partial charge < -0.3 is 15.4 Å². The number of hydrogen-bond acceptors (Lipinski definition) is 4. The van der Waals surface area contributed by atoms with E-state index < -0.39 is 0 Å². The first-order valence-corrected chi connectivity index (χ1v) is 5.24. The van der Waals surface area contributed by atoms with E-state index in [4.69, 9.17) is 22.1 Å². The first-order valence-electron chi connectivity index (χ1n) is 4.86. The monoisotopic (exact) mass is 229 g/mol. The van der Waals surface area contributed by atoms with Crippen molar-refractivity contribution in [1.82, 2.24) is 4.90 Å². The lowest BCUT2D eigenvalue weighted by molar-refractivity contribution is 0.114. The molecule has 1 aliphatic heterocycles. The molecule has 0 amide bonds. The third kappa shape index (κ3) is 3.25. The van der Waals surface area contributed by atoms with Gasteiger partial charge >= 0.3 is 0 Å². The summed E-state index contributed by atoms with van der Waals surface area (Å²) in [5.74, 6) is 1.15. The van der Waals surface area contributed by atoms with Gasteiger partial charge in [0.25, 0.3) is 0 Å². The number of rotatable bonds is 4. The zero-order chi connectivity index (χ0) is 11.3. The molecule has 0 aromatic rings. The Kier molecular flexibility index (Phi) is 4.65. The molecule has 0 unspecified atom stereocenters. The van der Waals surface area contributed by atoms with Crippen molar-refractivity contribution in [1.29, 1.82) is 0 Å². The van der Waals surface area contributed by atoms with Gasteiger partial charge in [-0.15, -0.1) is 0 Å². The largest absolute Gasteiger partial charge is 0.382 e. The minimum atomic E-state index is 0.353. The third-order valence-corrected chi connectivity index (χ3v) is 2.22. The van der Waals surface area contributed by atoms with Crippen LogP contribution in [0.15, 0.2) is 28.1 Å². The van der Waals surface area contributed by atoms with Gasteiger partial charge in [0.05, 0.1) is 5.03 Å². The van der Waals surface area contributed by atoms with Crippen LogP contribution in [-0.4, -0.2) is 24.6 Å². The molecule has 0 atom stereocenters. The maximum absolute atomic E-state index is 5.88. The summed E-state index contributed by atoms with van der Waals surface area (Å²) < 4.78 is 5.05. The van der Waals surface area contributed by atoms with Gasteiger partial charge in [0, 0.05) is 13.3 Å². The number of hydrogen-bond donors (Lipinski definition) is 1. The maximum atomic E-state index is 5.88. The molecular formula is C10H16ClN3O. The van der Waals surface area contributed by atoms with E-state index in [9.17, 15) is 0 Å². The second-order valence-corrected chi connectivity index (χ2v) is 3.62. The van der Waals surface area contributed by atoms with Crippen LogP contribution in [0.4, 0.5) is 0 Å². The van der Waals surface area contributed by atoms with Gasteiger partial charge in [0.15, 0.2) is 0 Å². The molecule has 0 bridgehead atoms. The van der Waals surface area contributed by atoms with E-state index >= 15 is 0 Å². The predicted octanol–water partition coefficient (Wildman–Crippen LogP) is 1.98. The van der Waals surface area contributed by atoms with E-state index in [2.05, 4.69) is 11.9 Å². The smallest absolute Gasteiger partial charge is 0.146 e. The number of aliphatic imine (C=N–C) groups is 1. The fourth-order valence-corrected chi connectivity index (χ4v) is 1.35. The molecule has 1 aliphatic rings. The normalized spacial score (nSPS) is 19.1. The van der Waals surface area contributed by atoms with E-state index in [-0.39, 0.29) is 0 Å². The molecule has 0 saturated heterocycles. The number of amidine groups is 1. The number of nitrogens with zero attached hydrogens (tertiary/aromatic N) is 2. The van der Waals surface area contributed by atoms with Crippen LogP contribution in [-0.2, 0) is 4.74 Å². The van der Waals surface area contributed by atoms with Crippen LogP contribution in [0.1, 0.15) is 19.8 Å². The summed E-state index contributed by atoms with van der Waals surface area (Å²) in [6.45, 7) is 2.53. The molecule has 2 N–H and O–H groups in total. The van der Waals surface area contributed by atoms with Crippen molar-refractivity contribution in [3.63, 3.8) is 0 Å². The molecule has 5 heteroatoms. The molecule has 15 heavy (non-hydrogen) atoms. The van der Waals surface area contributed by atoms with E-state index in [0.717, 1.165) is 18.7 Å². The maximum Gasteiger partial charge on any atom is 0.146 e. The first kappa shape index (κ1) is 12.1. The number of nitrogens with two attached hydrogens (primary N) is 1. The topological polar surface area (TPSA) is 50.8 Å². The highest BCUT2D eigenvalue weighted by atomic mass is 35.5. The molecule has 1 heterocycles. The predicted molar refractivity (Wildman–Crippen MR) is 62.3 cm³/mol. The molecule has 0 fully saturated rings. The van der Waals surface area contributed by atoms with Crippen molar-refractivity contribution < 1.29 is 4.74 Å². The fourth-order valence-electron chi connectivity index (χ4n) is 1.19. The lowest BCUT2D eigenvalue weighted by Crippen LogP contribution is -2.27. The minimum Gasteiger partial charge on any atom is -0.382 e. The second kappa shape index (κ2) is 5.78. The summed E-state index contributed by atoms with van der Waals surface area (Å²) in [6.07, 6.45) is 5.77. The van der Waals surface area contributed by atoms with Gasteiger partial charge in [0.1, 0.15) is 18.4 Å². The van der Waals surface area contributed by atoms with Crippen LogP contribution in [0.2, 0.25) is 0 Å². The summed E-state index contributed by atoms with van der Waals surface area (Å²) in [5.41, 5.74) is 5.64. The zero-order valence-corrected chi connectivity index (χ0v) is 9.79. The summed E-state index contributed by atoms with van der Waals surface area (Å²) in [5, 5.41) is 0.445. The first-order chi connectivity index (χ1) is 7.19. The Bertz CT molecular complexity index is 310. The molecule has 1 rings (SSSR count). The fraction of sp³-hybridized carbons (Fsp3) is 0.500. The summed E-state index contributed by atoms with van der Waals surface area (Å²) in [4.78, 5) is 6.03. The quantitative estimate of drug-likeness (QED) is 0.802. The Labute approximate surface area is 95.1 Å². The van der Waals surface area contributed by atoms with E-state index in [1.165, 1.54) is 0 Å². The van der Waals surface area contributed by atoms with Crippen LogP contribution in [0.3, 0.4) is 0 Å². The third-order valence-electron chi connectivity index (χ3n) is 1.93. The Hall–Kier alpha value is -1.00. The molecule has 0 spiro atoms. The molecule has 84 valence electrons. The molecule has 0 aromatic heterocycles. The van der Waals surface area contributed by atoms with E-state index in [1.807, 2.05) is 11.0 Å². The SMILES string of the molecule is CCCC=C1N=C(N)C(Cl)=CN1COC. The highest BCUT2D eigenvalue weighted by Crippen LogP contribution is 2.18. The Balaban J connectivity index is 2.83. The van der Waals surface area contributed by atoms with Crippen LogP contribution in [0, 0.1) is 0 Å². The van der Waals surface area contributed by atoms with E-state index in [1.54, 1.807) is 13.3 Å². The number of ether oxygens (including phenoxy) is 1. The Morgan fingerprint density at radius 3 is 3.00 bits per heavy atom. The van der Waals surface area contributed by atoms with Crippen molar-refractivity contribution in [3.05, 3.63) is 23.1 Å². The molecular weight excluding hydrogens is 214 g/mol. The average Bonchev–Trinajstić information content (AvgIpc) is 2.21. The summed E-state index contributed by atoms with van der Waals surface area (Å²) >= 11 is 5.88. The van der Waals surface area contributed by atoms with Crippen molar-refractivity contribution in [2.75, 3.05) is 13.8 Å². The van der Waals surface area contributed by atoms with Crippen molar-refractivity contribution >= 4 is 17.4 Å². The van der Waals surface area contributed by atoms with Gasteiger partial charge in [-0.3, -0.25) is 0 Å². The van der Waals surface area contributed by atoms with Gasteiger partial charge in [-0.25, -0.2) is 4.99 Å². The van der Waals surface area contributed by atoms with Gasteiger partial charge in [-0.05, 0) is 12.5 Å². The summed E-state index contributed by atoms with van der Waals surface area (Å²) in [7, 11) is 1.63. The van der Waals surface area contributed by atoms with Gasteiger partial charge in [0.2, 0.25) is 0 Å². The molecule has 4 nitrogen and oxygen atoms in total. The summed E-state index contributed by atoms with van der Waals surface area (Å²) in [6, 6.07) is 0. The number of unbranched alkanes of at least 4 members (excludes halogenated alkanes) is 1. The molecule has 0 radical (unpaired) electrons. The molecule has 0 aromatic carbocycles. The minimum absolute atomic E-state index is 0.353. The molecule has 0 aliphatic carbocycles. The standard InChI is InChI=1S/C10H16ClN3O/c1-3-4-5-9-13-10(12)8(11)6-14(9)7-15-2/h5-6H,3-4,7H2,1-2H3,(H2,12,13). The Morgan fingerprint density at radius 2 is 2.40 bits per heavy atom. The van der Waals surface area contributed by atoms with Crippen LogP contribution in [0.5, 0.6) is 0 Å². The second-order valence-electron chi connectivity index (χ2n) is 3.21. The van der Waals surface area contributed by atoms with Crippen molar-refractivity contribution in [2.24, 2.45) is 10.7 Å². The van der Waals surface area contributed by atoms with Gasteiger partial charge in [-0.1, -0.05) is 24.9 Å². The molecule has 0 saturated carbocycles. The lowest BCUT2D eigenvalue weighted by atomic mass is 10.3. The number of halogens is 1. The zero-order valence-electron chi connectivity index (χ0n) is 9.03. The van der Waals surface area contributed by atoms with Crippen molar-refractivity contribution in [3.8, 4) is 0 Å².